The summed E-state index contributed by atoms with van der Waals surface area (Å²) in [6.45, 7) is 6.20. The summed E-state index contributed by atoms with van der Waals surface area (Å²) in [4.78, 5) is 23.2. The highest BCUT2D eigenvalue weighted by molar-refractivity contribution is 7.80. The van der Waals surface area contributed by atoms with E-state index in [1.165, 1.54) is 7.11 Å². The van der Waals surface area contributed by atoms with E-state index in [0.717, 1.165) is 45.3 Å². The van der Waals surface area contributed by atoms with Crippen molar-refractivity contribution >= 4 is 34.6 Å². The van der Waals surface area contributed by atoms with Crippen LogP contribution in [0.4, 0.5) is 11.4 Å². The fourth-order valence-corrected chi connectivity index (χ4v) is 5.52. The second-order valence-corrected chi connectivity index (χ2v) is 9.74. The van der Waals surface area contributed by atoms with Gasteiger partial charge in [-0.25, -0.2) is 0 Å². The number of thiocarbonyl (C=S) groups is 1. The molecule has 194 valence electrons. The molecular weight excluding hydrogens is 496 g/mol. The number of nitrogens with one attached hydrogen (secondary N) is 2. The molecule has 1 aliphatic heterocycles. The van der Waals surface area contributed by atoms with Gasteiger partial charge >= 0.3 is 0 Å². The van der Waals surface area contributed by atoms with E-state index in [-0.39, 0.29) is 24.6 Å². The molecule has 0 unspecified atom stereocenters. The molecule has 9 heteroatoms. The number of nitrogens with zero attached hydrogens (tertiary/aromatic N) is 4. The largest absolute Gasteiger partial charge is 0.375 e. The third kappa shape index (κ3) is 4.78. The minimum Gasteiger partial charge on any atom is -0.375 e. The number of rotatable bonds is 7. The van der Waals surface area contributed by atoms with Crippen LogP contribution in [0.5, 0.6) is 0 Å². The van der Waals surface area contributed by atoms with Crippen LogP contribution in [0.25, 0.3) is 5.69 Å². The van der Waals surface area contributed by atoms with Gasteiger partial charge in [-0.15, -0.1) is 0 Å². The average Bonchev–Trinajstić information content (AvgIpc) is 3.41. The minimum absolute atomic E-state index is 0.00169. The van der Waals surface area contributed by atoms with E-state index in [1.807, 2.05) is 55.6 Å². The van der Waals surface area contributed by atoms with Crippen molar-refractivity contribution in [2.45, 2.75) is 32.9 Å². The number of hydrogen-bond acceptors (Lipinski definition) is 5. The summed E-state index contributed by atoms with van der Waals surface area (Å²) in [6, 6.07) is 17.8. The van der Waals surface area contributed by atoms with Crippen LogP contribution in [0.3, 0.4) is 0 Å². The van der Waals surface area contributed by atoms with Crippen LogP contribution in [-0.4, -0.2) is 39.3 Å². The lowest BCUT2D eigenvalue weighted by Gasteiger charge is -2.29. The van der Waals surface area contributed by atoms with Gasteiger partial charge in [0, 0.05) is 42.3 Å². The summed E-state index contributed by atoms with van der Waals surface area (Å²) < 4.78 is 7.17. The predicted molar refractivity (Wildman–Crippen MR) is 153 cm³/mol. The van der Waals surface area contributed by atoms with E-state index in [4.69, 9.17) is 17.0 Å². The number of aryl methyl sites for hydroxylation is 2. The third-order valence-corrected chi connectivity index (χ3v) is 7.14. The Labute approximate surface area is 227 Å². The van der Waals surface area contributed by atoms with Crippen LogP contribution in [0.15, 0.2) is 73.2 Å². The molecule has 0 spiro atoms. The molecule has 4 heterocycles. The van der Waals surface area contributed by atoms with Gasteiger partial charge in [0.25, 0.3) is 0 Å². The number of pyridine rings is 2. The molecule has 8 nitrogen and oxygen atoms in total. The number of benzene rings is 1. The van der Waals surface area contributed by atoms with Gasteiger partial charge in [0.05, 0.1) is 29.7 Å². The van der Waals surface area contributed by atoms with Crippen molar-refractivity contribution in [3.63, 3.8) is 0 Å². The monoisotopic (exact) mass is 526 g/mol. The number of methoxy groups -OCH3 is 1. The van der Waals surface area contributed by atoms with Crippen molar-refractivity contribution in [2.75, 3.05) is 23.9 Å². The fraction of sp³-hybridized carbons (Fsp3) is 0.241. The lowest BCUT2D eigenvalue weighted by Crippen LogP contribution is -2.29. The second kappa shape index (κ2) is 10.7. The van der Waals surface area contributed by atoms with Gasteiger partial charge in [-0.05, 0) is 92.6 Å². The number of carbonyl (C=O) groups is 1. The summed E-state index contributed by atoms with van der Waals surface area (Å²) >= 11 is 5.92. The van der Waals surface area contributed by atoms with Crippen LogP contribution in [-0.2, 0) is 9.53 Å². The first kappa shape index (κ1) is 25.6. The van der Waals surface area contributed by atoms with Gasteiger partial charge in [0.15, 0.2) is 5.11 Å². The Balaban J connectivity index is 1.60. The Bertz CT molecular complexity index is 1470. The molecule has 0 radical (unpaired) electrons. The molecule has 0 aliphatic carbocycles. The number of aromatic nitrogens is 3. The maximum atomic E-state index is 12.1. The number of hydrogen-bond donors (Lipinski definition) is 2. The highest BCUT2D eigenvalue weighted by atomic mass is 32.1. The first-order chi connectivity index (χ1) is 18.4. The molecule has 0 saturated carbocycles. The number of carbonyl (C=O) groups excluding carboxylic acids is 1. The average molecular weight is 527 g/mol. The maximum absolute atomic E-state index is 12.1. The molecule has 3 aromatic heterocycles. The Morgan fingerprint density at radius 2 is 1.92 bits per heavy atom. The highest BCUT2D eigenvalue weighted by Gasteiger charge is 2.42. The van der Waals surface area contributed by atoms with Gasteiger partial charge < -0.3 is 24.8 Å². The summed E-state index contributed by atoms with van der Waals surface area (Å²) in [7, 11) is 1.50. The zero-order valence-corrected chi connectivity index (χ0v) is 22.6. The fourth-order valence-electron chi connectivity index (χ4n) is 5.17. The van der Waals surface area contributed by atoms with Crippen molar-refractivity contribution in [1.29, 1.82) is 0 Å². The number of ether oxygens (including phenoxy) is 1. The Morgan fingerprint density at radius 1 is 1.08 bits per heavy atom. The number of amides is 1. The van der Waals surface area contributed by atoms with Gasteiger partial charge in [-0.3, -0.25) is 14.8 Å². The van der Waals surface area contributed by atoms with E-state index in [1.54, 1.807) is 12.4 Å². The van der Waals surface area contributed by atoms with Crippen LogP contribution >= 0.6 is 12.2 Å². The first-order valence-electron chi connectivity index (χ1n) is 12.4. The van der Waals surface area contributed by atoms with E-state index in [9.17, 15) is 4.79 Å². The number of anilines is 2. The normalized spacial score (nSPS) is 16.9. The molecule has 38 heavy (non-hydrogen) atoms. The van der Waals surface area contributed by atoms with Crippen molar-refractivity contribution in [3.05, 3.63) is 101 Å². The molecule has 2 N–H and O–H groups in total. The molecule has 4 aromatic rings. The van der Waals surface area contributed by atoms with E-state index >= 15 is 0 Å². The lowest BCUT2D eigenvalue weighted by atomic mass is 9.96. The Morgan fingerprint density at radius 3 is 2.61 bits per heavy atom. The summed E-state index contributed by atoms with van der Waals surface area (Å²) in [6.07, 6.45) is 5.45. The van der Waals surface area contributed by atoms with E-state index in [2.05, 4.69) is 56.0 Å². The van der Waals surface area contributed by atoms with Crippen molar-refractivity contribution in [1.82, 2.24) is 19.9 Å². The summed E-state index contributed by atoms with van der Waals surface area (Å²) in [5.41, 5.74) is 7.87. The van der Waals surface area contributed by atoms with E-state index < -0.39 is 0 Å². The topological polar surface area (TPSA) is 84.3 Å². The van der Waals surface area contributed by atoms with Crippen LogP contribution < -0.4 is 15.5 Å². The smallest absolute Gasteiger partial charge is 0.250 e. The zero-order valence-electron chi connectivity index (χ0n) is 21.8. The predicted octanol–water partition coefficient (Wildman–Crippen LogP) is 4.95. The van der Waals surface area contributed by atoms with Gasteiger partial charge in [-0.1, -0.05) is 6.07 Å². The molecule has 1 aliphatic rings. The molecule has 1 amide bonds. The highest BCUT2D eigenvalue weighted by Crippen LogP contribution is 2.44. The lowest BCUT2D eigenvalue weighted by molar-refractivity contribution is -0.119. The molecular formula is C29H30N6O2S. The molecule has 1 aromatic carbocycles. The van der Waals surface area contributed by atoms with Crippen molar-refractivity contribution < 1.29 is 9.53 Å². The van der Waals surface area contributed by atoms with Gasteiger partial charge in [0.2, 0.25) is 5.91 Å². The van der Waals surface area contributed by atoms with Crippen LogP contribution in [0.2, 0.25) is 0 Å². The van der Waals surface area contributed by atoms with Crippen LogP contribution in [0, 0.1) is 20.8 Å². The Hall–Kier alpha value is -4.08. The van der Waals surface area contributed by atoms with Crippen molar-refractivity contribution in [3.8, 4) is 5.69 Å². The SMILES string of the molecule is COCC(=O)Nc1ccc(N2C(=S)N[C@H](c3ccccn3)[C@H]2c2cc(C)n(-c3cccnc3)c2C)cc1C. The van der Waals surface area contributed by atoms with Gasteiger partial charge in [-0.2, -0.15) is 0 Å². The molecule has 5 rings (SSSR count). The van der Waals surface area contributed by atoms with Crippen LogP contribution in [0.1, 0.15) is 40.3 Å². The first-order valence-corrected chi connectivity index (χ1v) is 12.8. The third-order valence-electron chi connectivity index (χ3n) is 6.83. The Kier molecular flexibility index (Phi) is 7.22. The van der Waals surface area contributed by atoms with E-state index in [0.29, 0.717) is 5.11 Å². The summed E-state index contributed by atoms with van der Waals surface area (Å²) in [5, 5.41) is 7.06. The van der Waals surface area contributed by atoms with Gasteiger partial charge in [0.1, 0.15) is 6.61 Å². The molecule has 2 atom stereocenters. The minimum atomic E-state index is -0.197. The second-order valence-electron chi connectivity index (χ2n) is 9.35. The summed E-state index contributed by atoms with van der Waals surface area (Å²) in [5.74, 6) is -0.197. The standard InChI is InChI=1S/C29H30N6O2S/c1-18-14-21(10-11-24(18)32-26(36)17-37-4)35-28(27(33-29(35)38)25-9-5-6-13-31-25)23-15-19(2)34(20(23)3)22-8-7-12-30-16-22/h5-16,27-28H,17H2,1-4H3,(H,32,36)(H,33,38)/t27-,28-/m1/s1. The quantitative estimate of drug-likeness (QED) is 0.330. The maximum Gasteiger partial charge on any atom is 0.250 e. The molecule has 1 saturated heterocycles. The molecule has 0 bridgehead atoms. The molecule has 1 fully saturated rings. The zero-order chi connectivity index (χ0) is 26.8. The van der Waals surface area contributed by atoms with Crippen molar-refractivity contribution in [2.24, 2.45) is 0 Å².